The minimum absolute atomic E-state index is 0.298. The molecule has 1 aromatic heterocycles. The van der Waals surface area contributed by atoms with E-state index in [0.29, 0.717) is 12.4 Å². The summed E-state index contributed by atoms with van der Waals surface area (Å²) < 4.78 is 0. The van der Waals surface area contributed by atoms with Crippen molar-refractivity contribution >= 4 is 0 Å². The van der Waals surface area contributed by atoms with Gasteiger partial charge in [-0.2, -0.15) is 5.10 Å². The lowest BCUT2D eigenvalue weighted by Crippen LogP contribution is -2.23. The van der Waals surface area contributed by atoms with E-state index in [2.05, 4.69) is 15.2 Å². The number of nitrogens with two attached hydrogens (primary N) is 2. The molecule has 0 aliphatic heterocycles. The average molecular weight is 139 g/mol. The summed E-state index contributed by atoms with van der Waals surface area (Å²) >= 11 is 0. The van der Waals surface area contributed by atoms with E-state index in [0.717, 1.165) is 0 Å². The Hall–Kier alpha value is -1.07. The van der Waals surface area contributed by atoms with Crippen molar-refractivity contribution in [3.05, 3.63) is 18.2 Å². The van der Waals surface area contributed by atoms with Crippen LogP contribution in [0.1, 0.15) is 11.9 Å². The molecule has 0 spiro atoms. The minimum Gasteiger partial charge on any atom is -0.328 e. The Morgan fingerprint density at radius 3 is 2.80 bits per heavy atom. The Balaban J connectivity index is 2.75. The molecule has 0 aromatic carbocycles. The fourth-order valence-electron chi connectivity index (χ4n) is 0.533. The van der Waals surface area contributed by atoms with Gasteiger partial charge in [-0.25, -0.2) is 4.98 Å². The van der Waals surface area contributed by atoms with Gasteiger partial charge >= 0.3 is 0 Å². The van der Waals surface area contributed by atoms with Crippen molar-refractivity contribution in [3.8, 4) is 0 Å². The van der Waals surface area contributed by atoms with Crippen molar-refractivity contribution in [1.29, 1.82) is 0 Å². The van der Waals surface area contributed by atoms with Crippen LogP contribution in [0.25, 0.3) is 0 Å². The molecule has 5 heteroatoms. The smallest absolute Gasteiger partial charge is 0.169 e. The Labute approximate surface area is 58.5 Å². The fourth-order valence-corrected chi connectivity index (χ4v) is 0.533. The van der Waals surface area contributed by atoms with E-state index in [4.69, 9.17) is 11.5 Å². The summed E-state index contributed by atoms with van der Waals surface area (Å²) in [6.45, 7) is 0.339. The van der Waals surface area contributed by atoms with Crippen LogP contribution in [0.4, 0.5) is 0 Å². The van der Waals surface area contributed by atoms with Crippen molar-refractivity contribution in [3.63, 3.8) is 0 Å². The second kappa shape index (κ2) is 3.19. The number of aromatic nitrogens is 3. The summed E-state index contributed by atoms with van der Waals surface area (Å²) in [4.78, 5) is 3.87. The third kappa shape index (κ3) is 1.46. The first-order valence-electron chi connectivity index (χ1n) is 2.94. The van der Waals surface area contributed by atoms with Gasteiger partial charge in [0.1, 0.15) is 0 Å². The molecule has 1 unspecified atom stereocenters. The van der Waals surface area contributed by atoms with Crippen LogP contribution in [-0.4, -0.2) is 21.7 Å². The van der Waals surface area contributed by atoms with Crippen molar-refractivity contribution in [2.45, 2.75) is 6.04 Å². The molecule has 0 aliphatic rings. The maximum absolute atomic E-state index is 5.50. The van der Waals surface area contributed by atoms with Gasteiger partial charge in [-0.1, -0.05) is 0 Å². The van der Waals surface area contributed by atoms with E-state index in [-0.39, 0.29) is 6.04 Å². The summed E-state index contributed by atoms with van der Waals surface area (Å²) in [6.07, 6.45) is 3.03. The second-order valence-electron chi connectivity index (χ2n) is 1.84. The van der Waals surface area contributed by atoms with Crippen molar-refractivity contribution in [1.82, 2.24) is 15.2 Å². The van der Waals surface area contributed by atoms with Gasteiger partial charge in [-0.3, -0.25) is 0 Å². The first kappa shape index (κ1) is 7.04. The summed E-state index contributed by atoms with van der Waals surface area (Å²) in [5, 5.41) is 7.29. The van der Waals surface area contributed by atoms with Crippen LogP contribution in [-0.2, 0) is 0 Å². The summed E-state index contributed by atoms with van der Waals surface area (Å²) in [5.41, 5.74) is 10.8. The predicted octanol–water partition coefficient (Wildman–Crippen LogP) is -1.17. The molecule has 0 saturated carbocycles. The molecule has 1 heterocycles. The maximum atomic E-state index is 5.50. The molecule has 54 valence electrons. The standard InChI is InChI=1S/C5H9N5/c6-3-4(7)5-8-1-2-9-10-5/h1-2,4H,3,6-7H2. The van der Waals surface area contributed by atoms with Crippen LogP contribution >= 0.6 is 0 Å². The molecule has 0 amide bonds. The number of hydrogen-bond acceptors (Lipinski definition) is 5. The lowest BCUT2D eigenvalue weighted by Gasteiger charge is -2.03. The molecule has 10 heavy (non-hydrogen) atoms. The van der Waals surface area contributed by atoms with Crippen molar-refractivity contribution < 1.29 is 0 Å². The molecule has 1 atom stereocenters. The van der Waals surface area contributed by atoms with Gasteiger partial charge in [0, 0.05) is 12.7 Å². The molecule has 0 saturated heterocycles. The van der Waals surface area contributed by atoms with Gasteiger partial charge in [0.25, 0.3) is 0 Å². The highest BCUT2D eigenvalue weighted by Gasteiger charge is 2.04. The normalized spacial score (nSPS) is 13.0. The Morgan fingerprint density at radius 2 is 2.30 bits per heavy atom. The van der Waals surface area contributed by atoms with E-state index >= 15 is 0 Å². The topological polar surface area (TPSA) is 90.7 Å². The van der Waals surface area contributed by atoms with Gasteiger partial charge in [-0.05, 0) is 0 Å². The highest BCUT2D eigenvalue weighted by atomic mass is 15.1. The molecular formula is C5H9N5. The van der Waals surface area contributed by atoms with Crippen LogP contribution in [0.3, 0.4) is 0 Å². The third-order valence-corrected chi connectivity index (χ3v) is 1.09. The monoisotopic (exact) mass is 139 g/mol. The zero-order chi connectivity index (χ0) is 7.40. The molecule has 0 bridgehead atoms. The highest BCUT2D eigenvalue weighted by molar-refractivity contribution is 4.89. The zero-order valence-electron chi connectivity index (χ0n) is 5.44. The molecule has 5 nitrogen and oxygen atoms in total. The van der Waals surface area contributed by atoms with E-state index in [1.54, 1.807) is 0 Å². The lowest BCUT2D eigenvalue weighted by atomic mass is 10.3. The first-order chi connectivity index (χ1) is 4.84. The van der Waals surface area contributed by atoms with Crippen LogP contribution in [0, 0.1) is 0 Å². The van der Waals surface area contributed by atoms with E-state index in [1.165, 1.54) is 12.4 Å². The van der Waals surface area contributed by atoms with E-state index in [1.807, 2.05) is 0 Å². The molecule has 0 fully saturated rings. The molecule has 0 aliphatic carbocycles. The largest absolute Gasteiger partial charge is 0.328 e. The molecular weight excluding hydrogens is 130 g/mol. The average Bonchev–Trinajstić information content (AvgIpc) is 2.05. The summed E-state index contributed by atoms with van der Waals surface area (Å²) in [7, 11) is 0. The molecule has 1 aromatic rings. The van der Waals surface area contributed by atoms with Gasteiger partial charge in [0.05, 0.1) is 12.2 Å². The van der Waals surface area contributed by atoms with Gasteiger partial charge in [0.2, 0.25) is 0 Å². The Kier molecular flexibility index (Phi) is 2.24. The Bertz CT molecular complexity index is 186. The van der Waals surface area contributed by atoms with Crippen LogP contribution < -0.4 is 11.5 Å². The van der Waals surface area contributed by atoms with Crippen LogP contribution in [0.2, 0.25) is 0 Å². The van der Waals surface area contributed by atoms with Gasteiger partial charge in [0.15, 0.2) is 5.82 Å². The zero-order valence-corrected chi connectivity index (χ0v) is 5.44. The maximum Gasteiger partial charge on any atom is 0.169 e. The number of hydrogen-bond donors (Lipinski definition) is 2. The van der Waals surface area contributed by atoms with Crippen molar-refractivity contribution in [2.24, 2.45) is 11.5 Å². The first-order valence-corrected chi connectivity index (χ1v) is 2.94. The van der Waals surface area contributed by atoms with Gasteiger partial charge < -0.3 is 11.5 Å². The fraction of sp³-hybridized carbons (Fsp3) is 0.400. The van der Waals surface area contributed by atoms with Crippen LogP contribution in [0.5, 0.6) is 0 Å². The number of rotatable bonds is 2. The SMILES string of the molecule is NCC(N)c1nccnn1. The third-order valence-electron chi connectivity index (χ3n) is 1.09. The van der Waals surface area contributed by atoms with E-state index in [9.17, 15) is 0 Å². The van der Waals surface area contributed by atoms with Crippen LogP contribution in [0.15, 0.2) is 12.4 Å². The lowest BCUT2D eigenvalue weighted by molar-refractivity contribution is 0.659. The highest BCUT2D eigenvalue weighted by Crippen LogP contribution is 1.96. The predicted molar refractivity (Wildman–Crippen MR) is 35.8 cm³/mol. The van der Waals surface area contributed by atoms with E-state index < -0.39 is 0 Å². The Morgan fingerprint density at radius 1 is 1.50 bits per heavy atom. The molecule has 1 rings (SSSR count). The second-order valence-corrected chi connectivity index (χ2v) is 1.84. The molecule has 4 N–H and O–H groups in total. The number of nitrogens with zero attached hydrogens (tertiary/aromatic N) is 3. The van der Waals surface area contributed by atoms with Crippen molar-refractivity contribution in [2.75, 3.05) is 6.54 Å². The quantitative estimate of drug-likeness (QED) is 0.538. The van der Waals surface area contributed by atoms with Gasteiger partial charge in [-0.15, -0.1) is 5.10 Å². The summed E-state index contributed by atoms with van der Waals surface area (Å²) in [5.74, 6) is 0.491. The molecule has 0 radical (unpaired) electrons. The summed E-state index contributed by atoms with van der Waals surface area (Å²) in [6, 6.07) is -0.298. The minimum atomic E-state index is -0.298.